The van der Waals surface area contributed by atoms with Gasteiger partial charge in [-0.15, -0.1) is 0 Å². The number of hydrogen-bond donors (Lipinski definition) is 0. The van der Waals surface area contributed by atoms with Crippen molar-refractivity contribution < 1.29 is 4.42 Å². The monoisotopic (exact) mass is 561 g/mol. The number of fused-ring (bicyclic) bond motifs is 8. The zero-order valence-electron chi connectivity index (χ0n) is 23.9. The maximum Gasteiger partial charge on any atom is 0.143 e. The highest BCUT2D eigenvalue weighted by Crippen LogP contribution is 2.41. The number of benzene rings is 8. The fraction of sp³-hybridized carbons (Fsp3) is 0. The lowest BCUT2D eigenvalue weighted by molar-refractivity contribution is 0.670. The van der Waals surface area contributed by atoms with Crippen LogP contribution in [0.4, 0.5) is 17.1 Å². The molecule has 9 rings (SSSR count). The highest BCUT2D eigenvalue weighted by atomic mass is 16.3. The molecule has 8 aromatic carbocycles. The third-order valence-corrected chi connectivity index (χ3v) is 8.84. The fourth-order valence-corrected chi connectivity index (χ4v) is 6.73. The molecule has 0 atom stereocenters. The van der Waals surface area contributed by atoms with Gasteiger partial charge >= 0.3 is 0 Å². The molecule has 2 nitrogen and oxygen atoms in total. The van der Waals surface area contributed by atoms with Crippen molar-refractivity contribution >= 4 is 71.3 Å². The van der Waals surface area contributed by atoms with E-state index in [1.165, 1.54) is 32.3 Å². The van der Waals surface area contributed by atoms with Crippen molar-refractivity contribution in [3.05, 3.63) is 164 Å². The molecule has 0 saturated heterocycles. The van der Waals surface area contributed by atoms with Crippen LogP contribution in [0.2, 0.25) is 0 Å². The summed E-state index contributed by atoms with van der Waals surface area (Å²) in [7, 11) is 0. The van der Waals surface area contributed by atoms with Crippen LogP contribution in [0, 0.1) is 0 Å². The zero-order valence-corrected chi connectivity index (χ0v) is 23.9. The second kappa shape index (κ2) is 9.86. The molecule has 0 aliphatic carbocycles. The van der Waals surface area contributed by atoms with Crippen molar-refractivity contribution in [2.24, 2.45) is 0 Å². The molecule has 0 amide bonds. The molecule has 0 aliphatic rings. The summed E-state index contributed by atoms with van der Waals surface area (Å²) in [6, 6.07) is 58.5. The van der Waals surface area contributed by atoms with Crippen LogP contribution >= 0.6 is 0 Å². The molecule has 0 aliphatic heterocycles. The van der Waals surface area contributed by atoms with Gasteiger partial charge in [0.25, 0.3) is 0 Å². The third-order valence-electron chi connectivity index (χ3n) is 8.84. The average molecular weight is 562 g/mol. The normalized spacial score (nSPS) is 11.6. The quantitative estimate of drug-likeness (QED) is 0.199. The molecule has 0 saturated carbocycles. The summed E-state index contributed by atoms with van der Waals surface area (Å²) in [4.78, 5) is 2.34. The summed E-state index contributed by atoms with van der Waals surface area (Å²) >= 11 is 0. The summed E-state index contributed by atoms with van der Waals surface area (Å²) < 4.78 is 6.35. The Kier molecular flexibility index (Phi) is 5.54. The van der Waals surface area contributed by atoms with E-state index in [9.17, 15) is 0 Å². The first-order chi connectivity index (χ1) is 21.8. The van der Waals surface area contributed by atoms with Gasteiger partial charge in [0.2, 0.25) is 0 Å². The fourth-order valence-electron chi connectivity index (χ4n) is 6.73. The molecule has 0 radical (unpaired) electrons. The SMILES string of the molecule is c1ccc(N(c2ccc(-c3cccc4c3oc3ccccc34)cc2)c2ccc3ccc4c5ccccc5ccc4c3c2)cc1. The van der Waals surface area contributed by atoms with Crippen molar-refractivity contribution in [3.63, 3.8) is 0 Å². The van der Waals surface area contributed by atoms with Crippen molar-refractivity contribution in [3.8, 4) is 11.1 Å². The molecule has 1 aromatic heterocycles. The Hall–Kier alpha value is -5.86. The van der Waals surface area contributed by atoms with E-state index in [1.54, 1.807) is 0 Å². The molecular weight excluding hydrogens is 534 g/mol. The van der Waals surface area contributed by atoms with E-state index in [4.69, 9.17) is 4.42 Å². The highest BCUT2D eigenvalue weighted by molar-refractivity contribution is 6.18. The van der Waals surface area contributed by atoms with Crippen molar-refractivity contribution in [2.45, 2.75) is 0 Å². The number of furan rings is 1. The minimum absolute atomic E-state index is 0.915. The van der Waals surface area contributed by atoms with Gasteiger partial charge in [-0.05, 0) is 80.3 Å². The lowest BCUT2D eigenvalue weighted by Crippen LogP contribution is -2.09. The van der Waals surface area contributed by atoms with E-state index in [-0.39, 0.29) is 0 Å². The van der Waals surface area contributed by atoms with Crippen LogP contribution in [0.15, 0.2) is 168 Å². The lowest BCUT2D eigenvalue weighted by atomic mass is 9.96. The van der Waals surface area contributed by atoms with Gasteiger partial charge < -0.3 is 9.32 Å². The van der Waals surface area contributed by atoms with Crippen LogP contribution in [-0.2, 0) is 0 Å². The van der Waals surface area contributed by atoms with Gasteiger partial charge in [0, 0.05) is 33.4 Å². The zero-order chi connectivity index (χ0) is 29.0. The number of rotatable bonds is 4. The van der Waals surface area contributed by atoms with E-state index in [0.717, 1.165) is 50.1 Å². The maximum absolute atomic E-state index is 6.35. The summed E-state index contributed by atoms with van der Waals surface area (Å²) in [6.07, 6.45) is 0. The Bertz CT molecular complexity index is 2490. The number of hydrogen-bond acceptors (Lipinski definition) is 2. The molecule has 0 unspecified atom stereocenters. The Labute approximate surface area is 255 Å². The van der Waals surface area contributed by atoms with Gasteiger partial charge in [-0.3, -0.25) is 0 Å². The van der Waals surface area contributed by atoms with Crippen LogP contribution in [0.1, 0.15) is 0 Å². The molecule has 0 spiro atoms. The van der Waals surface area contributed by atoms with Crippen molar-refractivity contribution in [2.75, 3.05) is 4.90 Å². The molecule has 0 bridgehead atoms. The first-order valence-corrected chi connectivity index (χ1v) is 15.0. The molecule has 9 aromatic rings. The Morgan fingerprint density at radius 3 is 1.82 bits per heavy atom. The largest absolute Gasteiger partial charge is 0.455 e. The lowest BCUT2D eigenvalue weighted by Gasteiger charge is -2.26. The van der Waals surface area contributed by atoms with E-state index in [0.29, 0.717) is 0 Å². The molecule has 0 N–H and O–H groups in total. The number of anilines is 3. The van der Waals surface area contributed by atoms with E-state index in [2.05, 4.69) is 157 Å². The minimum atomic E-state index is 0.915. The number of nitrogens with zero attached hydrogens (tertiary/aromatic N) is 1. The van der Waals surface area contributed by atoms with E-state index in [1.807, 2.05) is 12.1 Å². The van der Waals surface area contributed by atoms with Crippen LogP contribution in [0.25, 0.3) is 65.4 Å². The molecule has 0 fully saturated rings. The standard InChI is InChI=1S/C42H27NO/c1-2-10-31(11-3-1)43(33-24-19-30-21-25-36-34-12-5-4-9-28(34)20-26-37(36)40(30)27-33)32-22-17-29(18-23-32)35-14-8-15-39-38-13-6-7-16-41(38)44-42(35)39/h1-27H. The molecule has 2 heteroatoms. The Morgan fingerprint density at radius 2 is 0.977 bits per heavy atom. The van der Waals surface area contributed by atoms with Crippen LogP contribution in [-0.4, -0.2) is 0 Å². The second-order valence-corrected chi connectivity index (χ2v) is 11.4. The minimum Gasteiger partial charge on any atom is -0.455 e. The summed E-state index contributed by atoms with van der Waals surface area (Å²) in [5.74, 6) is 0. The summed E-state index contributed by atoms with van der Waals surface area (Å²) in [6.45, 7) is 0. The Morgan fingerprint density at radius 1 is 0.364 bits per heavy atom. The average Bonchev–Trinajstić information content (AvgIpc) is 3.48. The van der Waals surface area contributed by atoms with Crippen molar-refractivity contribution in [1.29, 1.82) is 0 Å². The summed E-state index contributed by atoms with van der Waals surface area (Å²) in [5.41, 5.74) is 7.40. The first-order valence-electron chi connectivity index (χ1n) is 15.0. The van der Waals surface area contributed by atoms with Crippen molar-refractivity contribution in [1.82, 2.24) is 0 Å². The second-order valence-electron chi connectivity index (χ2n) is 11.4. The topological polar surface area (TPSA) is 16.4 Å². The first kappa shape index (κ1) is 24.7. The molecule has 44 heavy (non-hydrogen) atoms. The van der Waals surface area contributed by atoms with E-state index >= 15 is 0 Å². The van der Waals surface area contributed by atoms with Gasteiger partial charge in [0.05, 0.1) is 0 Å². The maximum atomic E-state index is 6.35. The van der Waals surface area contributed by atoms with Gasteiger partial charge in [-0.2, -0.15) is 0 Å². The van der Waals surface area contributed by atoms with Gasteiger partial charge in [-0.25, -0.2) is 0 Å². The molecular formula is C42H27NO. The van der Waals surface area contributed by atoms with Crippen LogP contribution in [0.5, 0.6) is 0 Å². The number of para-hydroxylation sites is 3. The molecule has 1 heterocycles. The van der Waals surface area contributed by atoms with Gasteiger partial charge in [0.1, 0.15) is 11.2 Å². The van der Waals surface area contributed by atoms with Crippen LogP contribution < -0.4 is 4.90 Å². The predicted molar refractivity (Wildman–Crippen MR) is 186 cm³/mol. The predicted octanol–water partition coefficient (Wildman–Crippen LogP) is 12.2. The van der Waals surface area contributed by atoms with Gasteiger partial charge in [-0.1, -0.05) is 121 Å². The highest BCUT2D eigenvalue weighted by Gasteiger charge is 2.16. The van der Waals surface area contributed by atoms with E-state index < -0.39 is 0 Å². The third kappa shape index (κ3) is 3.89. The summed E-state index contributed by atoms with van der Waals surface area (Å²) in [5, 5.41) is 9.87. The van der Waals surface area contributed by atoms with Crippen LogP contribution in [0.3, 0.4) is 0 Å². The molecule has 206 valence electrons. The smallest absolute Gasteiger partial charge is 0.143 e. The van der Waals surface area contributed by atoms with Gasteiger partial charge in [0.15, 0.2) is 0 Å². The Balaban J connectivity index is 1.19.